The van der Waals surface area contributed by atoms with Gasteiger partial charge in [-0.25, -0.2) is 0 Å². The van der Waals surface area contributed by atoms with E-state index < -0.39 is 0 Å². The van der Waals surface area contributed by atoms with Crippen LogP contribution < -0.4 is 4.74 Å². The van der Waals surface area contributed by atoms with Gasteiger partial charge >= 0.3 is 0 Å². The molecule has 0 bridgehead atoms. The Balaban J connectivity index is 0.00000144. The molecular weight excluding hydrogens is 317 g/mol. The van der Waals surface area contributed by atoms with Crippen LogP contribution in [0.2, 0.25) is 5.02 Å². The summed E-state index contributed by atoms with van der Waals surface area (Å²) in [5, 5.41) is 0.743. The molecule has 2 unspecified atom stereocenters. The van der Waals surface area contributed by atoms with Crippen LogP contribution >= 0.6 is 24.0 Å². The average Bonchev–Trinajstić information content (AvgIpc) is 2.91. The highest BCUT2D eigenvalue weighted by Gasteiger charge is 2.39. The van der Waals surface area contributed by atoms with Gasteiger partial charge in [0.05, 0.1) is 11.6 Å². The number of benzene rings is 2. The molecule has 2 aromatic carbocycles. The van der Waals surface area contributed by atoms with Gasteiger partial charge in [0.15, 0.2) is 0 Å². The third kappa shape index (κ3) is 2.83. The molecule has 116 valence electrons. The second-order valence-electron chi connectivity index (χ2n) is 6.02. The van der Waals surface area contributed by atoms with E-state index in [1.807, 2.05) is 12.1 Å². The molecule has 0 radical (unpaired) electrons. The van der Waals surface area contributed by atoms with Gasteiger partial charge in [0.1, 0.15) is 5.75 Å². The molecule has 4 rings (SSSR count). The maximum absolute atomic E-state index is 6.26. The van der Waals surface area contributed by atoms with Crippen molar-refractivity contribution < 1.29 is 4.74 Å². The molecule has 2 heterocycles. The summed E-state index contributed by atoms with van der Waals surface area (Å²) in [5.74, 6) is 2.04. The molecule has 0 N–H and O–H groups in total. The van der Waals surface area contributed by atoms with Gasteiger partial charge in [-0.1, -0.05) is 54.1 Å². The van der Waals surface area contributed by atoms with E-state index in [1.54, 1.807) is 0 Å². The largest absolute Gasteiger partial charge is 0.491 e. The number of para-hydroxylation sites is 1. The van der Waals surface area contributed by atoms with Crippen molar-refractivity contribution in [2.24, 2.45) is 5.92 Å². The Morgan fingerprint density at radius 1 is 1.05 bits per heavy atom. The Hall–Kier alpha value is -1.22. The maximum Gasteiger partial charge on any atom is 0.141 e. The molecule has 0 spiro atoms. The average molecular weight is 336 g/mol. The van der Waals surface area contributed by atoms with Crippen LogP contribution in [0.5, 0.6) is 5.75 Å². The summed E-state index contributed by atoms with van der Waals surface area (Å²) < 4.78 is 5.91. The Kier molecular flexibility index (Phi) is 4.62. The predicted molar refractivity (Wildman–Crippen MR) is 92.1 cm³/mol. The van der Waals surface area contributed by atoms with E-state index in [-0.39, 0.29) is 12.4 Å². The van der Waals surface area contributed by atoms with E-state index in [2.05, 4.69) is 41.3 Å². The van der Waals surface area contributed by atoms with Crippen LogP contribution in [-0.2, 0) is 6.54 Å². The SMILES string of the molecule is Cl.Clc1cccc2c1OCC1CN(Cc3ccccc3)CC21. The number of hydrogen-bond acceptors (Lipinski definition) is 2. The summed E-state index contributed by atoms with van der Waals surface area (Å²) in [7, 11) is 0. The number of nitrogens with zero attached hydrogens (tertiary/aromatic N) is 1. The quantitative estimate of drug-likeness (QED) is 0.807. The first-order valence-electron chi connectivity index (χ1n) is 7.49. The summed E-state index contributed by atoms with van der Waals surface area (Å²) in [6.45, 7) is 4.00. The van der Waals surface area contributed by atoms with Crippen LogP contribution in [0.25, 0.3) is 0 Å². The minimum absolute atomic E-state index is 0. The van der Waals surface area contributed by atoms with Crippen LogP contribution in [0.4, 0.5) is 0 Å². The molecule has 22 heavy (non-hydrogen) atoms. The van der Waals surface area contributed by atoms with E-state index in [0.717, 1.165) is 37.0 Å². The standard InChI is InChI=1S/C18H18ClNO.ClH/c19-17-8-4-7-15-16-11-20(9-13-5-2-1-3-6-13)10-14(16)12-21-18(15)17;/h1-8,14,16H,9-12H2;1H. The predicted octanol–water partition coefficient (Wildman–Crippen LogP) is 4.37. The molecule has 2 aliphatic heterocycles. The molecule has 2 aliphatic rings. The molecule has 4 heteroatoms. The fraction of sp³-hybridized carbons (Fsp3) is 0.333. The molecule has 2 nitrogen and oxygen atoms in total. The highest BCUT2D eigenvalue weighted by Crippen LogP contribution is 2.44. The Morgan fingerprint density at radius 2 is 1.86 bits per heavy atom. The van der Waals surface area contributed by atoms with Crippen molar-refractivity contribution >= 4 is 24.0 Å². The zero-order chi connectivity index (χ0) is 14.2. The van der Waals surface area contributed by atoms with Gasteiger partial charge in [-0.15, -0.1) is 12.4 Å². The first-order chi connectivity index (χ1) is 10.3. The zero-order valence-corrected chi connectivity index (χ0v) is 13.8. The Bertz CT molecular complexity index is 647. The molecule has 1 saturated heterocycles. The summed E-state index contributed by atoms with van der Waals surface area (Å²) in [6, 6.07) is 16.8. The molecule has 0 saturated carbocycles. The lowest BCUT2D eigenvalue weighted by Gasteiger charge is -2.28. The number of hydrogen-bond donors (Lipinski definition) is 0. The lowest BCUT2D eigenvalue weighted by atomic mass is 9.87. The fourth-order valence-corrected chi connectivity index (χ4v) is 3.85. The summed E-state index contributed by atoms with van der Waals surface area (Å²) in [5.41, 5.74) is 2.66. The zero-order valence-electron chi connectivity index (χ0n) is 12.2. The van der Waals surface area contributed by atoms with Crippen LogP contribution in [0.15, 0.2) is 48.5 Å². The summed E-state index contributed by atoms with van der Waals surface area (Å²) in [4.78, 5) is 2.53. The minimum atomic E-state index is 0. The van der Waals surface area contributed by atoms with Crippen molar-refractivity contribution in [2.45, 2.75) is 12.5 Å². The molecule has 2 atom stereocenters. The fourth-order valence-electron chi connectivity index (χ4n) is 3.61. The third-order valence-corrected chi connectivity index (χ3v) is 4.90. The van der Waals surface area contributed by atoms with Crippen molar-refractivity contribution in [3.8, 4) is 5.75 Å². The van der Waals surface area contributed by atoms with Crippen LogP contribution in [-0.4, -0.2) is 24.6 Å². The smallest absolute Gasteiger partial charge is 0.141 e. The third-order valence-electron chi connectivity index (χ3n) is 4.60. The highest BCUT2D eigenvalue weighted by molar-refractivity contribution is 6.32. The number of ether oxygens (including phenoxy) is 1. The van der Waals surface area contributed by atoms with Gasteiger partial charge in [0, 0.05) is 37.0 Å². The molecule has 0 aromatic heterocycles. The van der Waals surface area contributed by atoms with Crippen molar-refractivity contribution in [1.29, 1.82) is 0 Å². The second-order valence-corrected chi connectivity index (χ2v) is 6.42. The summed E-state index contributed by atoms with van der Waals surface area (Å²) >= 11 is 6.26. The monoisotopic (exact) mass is 335 g/mol. The Labute approximate surface area is 142 Å². The molecule has 2 aromatic rings. The first kappa shape index (κ1) is 15.7. The van der Waals surface area contributed by atoms with E-state index in [9.17, 15) is 0 Å². The minimum Gasteiger partial charge on any atom is -0.491 e. The topological polar surface area (TPSA) is 12.5 Å². The van der Waals surface area contributed by atoms with E-state index >= 15 is 0 Å². The van der Waals surface area contributed by atoms with Crippen LogP contribution in [0, 0.1) is 5.92 Å². The van der Waals surface area contributed by atoms with Crippen molar-refractivity contribution in [1.82, 2.24) is 4.90 Å². The maximum atomic E-state index is 6.26. The number of halogens is 2. The van der Waals surface area contributed by atoms with E-state index in [1.165, 1.54) is 11.1 Å². The number of rotatable bonds is 2. The lowest BCUT2D eigenvalue weighted by molar-refractivity contribution is 0.212. The molecular formula is C18H19Cl2NO. The van der Waals surface area contributed by atoms with Gasteiger partial charge < -0.3 is 4.74 Å². The van der Waals surface area contributed by atoms with E-state index in [4.69, 9.17) is 16.3 Å². The Morgan fingerprint density at radius 3 is 2.68 bits per heavy atom. The van der Waals surface area contributed by atoms with Gasteiger partial charge in [0.2, 0.25) is 0 Å². The number of likely N-dealkylation sites (tertiary alicyclic amines) is 1. The van der Waals surface area contributed by atoms with Crippen molar-refractivity contribution in [3.05, 3.63) is 64.7 Å². The second kappa shape index (κ2) is 6.49. The molecule has 0 aliphatic carbocycles. The van der Waals surface area contributed by atoms with Crippen LogP contribution in [0.3, 0.4) is 0 Å². The first-order valence-corrected chi connectivity index (χ1v) is 7.86. The number of fused-ring (bicyclic) bond motifs is 3. The van der Waals surface area contributed by atoms with Crippen molar-refractivity contribution in [3.63, 3.8) is 0 Å². The van der Waals surface area contributed by atoms with Gasteiger partial charge in [-0.3, -0.25) is 4.90 Å². The molecule has 0 amide bonds. The molecule has 1 fully saturated rings. The van der Waals surface area contributed by atoms with Gasteiger partial charge in [-0.2, -0.15) is 0 Å². The lowest BCUT2D eigenvalue weighted by Crippen LogP contribution is -2.25. The highest BCUT2D eigenvalue weighted by atomic mass is 35.5. The summed E-state index contributed by atoms with van der Waals surface area (Å²) in [6.07, 6.45) is 0. The van der Waals surface area contributed by atoms with E-state index in [0.29, 0.717) is 11.8 Å². The van der Waals surface area contributed by atoms with Gasteiger partial charge in [-0.05, 0) is 11.6 Å². The normalized spacial score (nSPS) is 23.1. The van der Waals surface area contributed by atoms with Crippen molar-refractivity contribution in [2.75, 3.05) is 19.7 Å². The van der Waals surface area contributed by atoms with Crippen LogP contribution in [0.1, 0.15) is 17.0 Å². The van der Waals surface area contributed by atoms with Gasteiger partial charge in [0.25, 0.3) is 0 Å².